The number of alkyl halides is 3. The number of rotatable bonds is 6. The third kappa shape index (κ3) is 4.36. The summed E-state index contributed by atoms with van der Waals surface area (Å²) in [6.07, 6.45) is -3.05. The van der Waals surface area contributed by atoms with Gasteiger partial charge in [-0.3, -0.25) is 9.59 Å². The molecular weight excluding hydrogens is 279 g/mol. The summed E-state index contributed by atoms with van der Waals surface area (Å²) in [5.74, 6) is -1.57. The number of hydrogen-bond donors (Lipinski definition) is 1. The molecule has 1 heterocycles. The Kier molecular flexibility index (Phi) is 5.38. The monoisotopic (exact) mass is 297 g/mol. The summed E-state index contributed by atoms with van der Waals surface area (Å²) in [7, 11) is 0. The fourth-order valence-corrected chi connectivity index (χ4v) is 2.39. The highest BCUT2D eigenvalue weighted by Crippen LogP contribution is 2.35. The maximum atomic E-state index is 11.9. The van der Waals surface area contributed by atoms with E-state index in [0.29, 0.717) is 19.3 Å². The molecule has 0 saturated carbocycles. The molecule has 0 spiro atoms. The van der Waals surface area contributed by atoms with Crippen molar-refractivity contribution in [2.24, 2.45) is 5.41 Å². The third-order valence-electron chi connectivity index (χ3n) is 3.38. The molecule has 8 heteroatoms. The van der Waals surface area contributed by atoms with Crippen LogP contribution in [0.4, 0.5) is 13.2 Å². The van der Waals surface area contributed by atoms with Gasteiger partial charge in [-0.1, -0.05) is 13.3 Å². The van der Waals surface area contributed by atoms with Gasteiger partial charge in [0.05, 0.1) is 5.41 Å². The molecule has 1 rings (SSSR count). The molecule has 1 amide bonds. The second-order valence-electron chi connectivity index (χ2n) is 5.01. The number of carboxylic acid groups (broad SMARTS) is 1. The molecular formula is C12H18F3NO4. The first-order valence-corrected chi connectivity index (χ1v) is 6.36. The first-order chi connectivity index (χ1) is 9.20. The van der Waals surface area contributed by atoms with Gasteiger partial charge in [-0.15, -0.1) is 0 Å². The van der Waals surface area contributed by atoms with E-state index in [9.17, 15) is 27.9 Å². The standard InChI is InChI=1S/C12H18F3NO4/c1-2-3-11(10(18)19)4-5-16(7-11)9(17)6-20-8-12(13,14)15/h2-8H2,1H3,(H,18,19). The number of amides is 1. The van der Waals surface area contributed by atoms with Gasteiger partial charge in [0, 0.05) is 13.1 Å². The number of carbonyl (C=O) groups is 2. The van der Waals surface area contributed by atoms with Gasteiger partial charge in [-0.2, -0.15) is 13.2 Å². The number of ether oxygens (including phenoxy) is 1. The van der Waals surface area contributed by atoms with E-state index in [1.807, 2.05) is 6.92 Å². The summed E-state index contributed by atoms with van der Waals surface area (Å²) in [6.45, 7) is -0.0422. The summed E-state index contributed by atoms with van der Waals surface area (Å²) in [4.78, 5) is 24.3. The van der Waals surface area contributed by atoms with Gasteiger partial charge < -0.3 is 14.7 Å². The van der Waals surface area contributed by atoms with Crippen molar-refractivity contribution in [1.29, 1.82) is 0 Å². The molecule has 0 aromatic carbocycles. The number of carboxylic acids is 1. The molecule has 0 aromatic rings. The predicted octanol–water partition coefficient (Wildman–Crippen LogP) is 1.67. The molecule has 5 nitrogen and oxygen atoms in total. The minimum atomic E-state index is -4.47. The molecule has 0 aromatic heterocycles. The third-order valence-corrected chi connectivity index (χ3v) is 3.38. The number of hydrogen-bond acceptors (Lipinski definition) is 3. The highest BCUT2D eigenvalue weighted by Gasteiger charge is 2.45. The van der Waals surface area contributed by atoms with Crippen LogP contribution in [-0.4, -0.2) is 54.4 Å². The van der Waals surface area contributed by atoms with Crippen molar-refractivity contribution < 1.29 is 32.6 Å². The van der Waals surface area contributed by atoms with Crippen LogP contribution in [0.25, 0.3) is 0 Å². The lowest BCUT2D eigenvalue weighted by Gasteiger charge is -2.24. The Morgan fingerprint density at radius 2 is 2.05 bits per heavy atom. The van der Waals surface area contributed by atoms with Crippen LogP contribution in [0.5, 0.6) is 0 Å². The highest BCUT2D eigenvalue weighted by molar-refractivity contribution is 5.81. The van der Waals surface area contributed by atoms with E-state index in [1.54, 1.807) is 0 Å². The minimum absolute atomic E-state index is 0.0321. The van der Waals surface area contributed by atoms with Crippen molar-refractivity contribution in [3.63, 3.8) is 0 Å². The van der Waals surface area contributed by atoms with Gasteiger partial charge in [0.2, 0.25) is 5.91 Å². The summed E-state index contributed by atoms with van der Waals surface area (Å²) < 4.78 is 40.0. The van der Waals surface area contributed by atoms with E-state index in [4.69, 9.17) is 0 Å². The van der Waals surface area contributed by atoms with Crippen molar-refractivity contribution >= 4 is 11.9 Å². The molecule has 1 aliphatic rings. The second kappa shape index (κ2) is 6.43. The van der Waals surface area contributed by atoms with Crippen molar-refractivity contribution in [2.75, 3.05) is 26.3 Å². The predicted molar refractivity (Wildman–Crippen MR) is 63.0 cm³/mol. The molecule has 1 unspecified atom stereocenters. The topological polar surface area (TPSA) is 66.8 Å². The number of halogens is 3. The zero-order valence-electron chi connectivity index (χ0n) is 11.2. The Morgan fingerprint density at radius 1 is 1.40 bits per heavy atom. The summed E-state index contributed by atoms with van der Waals surface area (Å²) in [5.41, 5.74) is -0.978. The van der Waals surface area contributed by atoms with E-state index in [2.05, 4.69) is 4.74 Å². The van der Waals surface area contributed by atoms with Crippen molar-refractivity contribution in [1.82, 2.24) is 4.90 Å². The lowest BCUT2D eigenvalue weighted by atomic mass is 9.83. The van der Waals surface area contributed by atoms with Gasteiger partial charge in [0.15, 0.2) is 0 Å². The molecule has 0 bridgehead atoms. The molecule has 0 aliphatic carbocycles. The van der Waals surface area contributed by atoms with Crippen LogP contribution in [0.2, 0.25) is 0 Å². The molecule has 116 valence electrons. The van der Waals surface area contributed by atoms with Crippen LogP contribution >= 0.6 is 0 Å². The smallest absolute Gasteiger partial charge is 0.411 e. The van der Waals surface area contributed by atoms with Crippen molar-refractivity contribution in [3.8, 4) is 0 Å². The van der Waals surface area contributed by atoms with Gasteiger partial charge in [-0.25, -0.2) is 0 Å². The number of carbonyl (C=O) groups excluding carboxylic acids is 1. The average Bonchev–Trinajstić information content (AvgIpc) is 2.73. The molecule has 20 heavy (non-hydrogen) atoms. The Bertz CT molecular complexity index is 372. The van der Waals surface area contributed by atoms with E-state index in [0.717, 1.165) is 0 Å². The summed E-state index contributed by atoms with van der Waals surface area (Å²) in [6, 6.07) is 0. The lowest BCUT2D eigenvalue weighted by Crippen LogP contribution is -2.38. The Labute approximate surface area is 114 Å². The van der Waals surface area contributed by atoms with Gasteiger partial charge in [0.25, 0.3) is 0 Å². The van der Waals surface area contributed by atoms with Crippen molar-refractivity contribution in [2.45, 2.75) is 32.4 Å². The van der Waals surface area contributed by atoms with E-state index >= 15 is 0 Å². The van der Waals surface area contributed by atoms with E-state index in [-0.39, 0.29) is 13.1 Å². The zero-order chi connectivity index (χ0) is 15.4. The maximum Gasteiger partial charge on any atom is 0.411 e. The second-order valence-corrected chi connectivity index (χ2v) is 5.01. The molecule has 0 radical (unpaired) electrons. The SMILES string of the molecule is CCCC1(C(=O)O)CCN(C(=O)COCC(F)(F)F)C1. The largest absolute Gasteiger partial charge is 0.481 e. The maximum absolute atomic E-state index is 11.9. The van der Waals surface area contributed by atoms with E-state index < -0.39 is 36.7 Å². The quantitative estimate of drug-likeness (QED) is 0.810. The number of likely N-dealkylation sites (tertiary alicyclic amines) is 1. The molecule has 1 atom stereocenters. The lowest BCUT2D eigenvalue weighted by molar-refractivity contribution is -0.177. The number of nitrogens with zero attached hydrogens (tertiary/aromatic N) is 1. The van der Waals surface area contributed by atoms with Gasteiger partial charge in [-0.05, 0) is 12.8 Å². The highest BCUT2D eigenvalue weighted by atomic mass is 19.4. The minimum Gasteiger partial charge on any atom is -0.481 e. The average molecular weight is 297 g/mol. The van der Waals surface area contributed by atoms with Crippen LogP contribution in [0.15, 0.2) is 0 Å². The molecule has 1 saturated heterocycles. The van der Waals surface area contributed by atoms with Gasteiger partial charge in [0.1, 0.15) is 13.2 Å². The van der Waals surface area contributed by atoms with Crippen LogP contribution in [-0.2, 0) is 14.3 Å². The van der Waals surface area contributed by atoms with Crippen LogP contribution in [0.3, 0.4) is 0 Å². The molecule has 1 N–H and O–H groups in total. The summed E-state index contributed by atoms with van der Waals surface area (Å²) in [5, 5.41) is 9.26. The Balaban J connectivity index is 2.50. The Hall–Kier alpha value is -1.31. The normalized spacial score (nSPS) is 23.1. The van der Waals surface area contributed by atoms with Crippen LogP contribution in [0, 0.1) is 5.41 Å². The number of aliphatic carboxylic acids is 1. The van der Waals surface area contributed by atoms with E-state index in [1.165, 1.54) is 4.90 Å². The van der Waals surface area contributed by atoms with Crippen LogP contribution in [0.1, 0.15) is 26.2 Å². The fourth-order valence-electron chi connectivity index (χ4n) is 2.39. The summed E-state index contributed by atoms with van der Waals surface area (Å²) >= 11 is 0. The van der Waals surface area contributed by atoms with Crippen LogP contribution < -0.4 is 0 Å². The zero-order valence-corrected chi connectivity index (χ0v) is 11.2. The fraction of sp³-hybridized carbons (Fsp3) is 0.833. The first kappa shape index (κ1) is 16.7. The van der Waals surface area contributed by atoms with Gasteiger partial charge >= 0.3 is 12.1 Å². The van der Waals surface area contributed by atoms with Crippen molar-refractivity contribution in [3.05, 3.63) is 0 Å². The molecule has 1 aliphatic heterocycles. The Morgan fingerprint density at radius 3 is 2.55 bits per heavy atom. The first-order valence-electron chi connectivity index (χ1n) is 6.36. The molecule has 1 fully saturated rings.